The van der Waals surface area contributed by atoms with E-state index in [2.05, 4.69) is 10.2 Å². The number of hydrogen-bond acceptors (Lipinski definition) is 7. The molecule has 4 aliphatic rings. The van der Waals surface area contributed by atoms with Gasteiger partial charge >= 0.3 is 12.1 Å². The van der Waals surface area contributed by atoms with Crippen molar-refractivity contribution in [2.45, 2.75) is 88.5 Å². The quantitative estimate of drug-likeness (QED) is 0.390. The Morgan fingerprint density at radius 3 is 2.31 bits per heavy atom. The highest BCUT2D eigenvalue weighted by Gasteiger charge is 2.38. The smallest absolute Gasteiger partial charge is 0.410 e. The second-order valence-electron chi connectivity index (χ2n) is 14.1. The van der Waals surface area contributed by atoms with Gasteiger partial charge in [-0.3, -0.25) is 4.79 Å². The maximum atomic E-state index is 14.0. The molecule has 12 heteroatoms. The molecule has 0 saturated carbocycles. The molecule has 2 aromatic carbocycles. The van der Waals surface area contributed by atoms with E-state index in [1.54, 1.807) is 17.0 Å². The summed E-state index contributed by atoms with van der Waals surface area (Å²) in [5.74, 6) is -0.0113. The van der Waals surface area contributed by atoms with E-state index in [0.29, 0.717) is 57.1 Å². The first kappa shape index (κ1) is 34.1. The van der Waals surface area contributed by atoms with Gasteiger partial charge in [-0.1, -0.05) is 37.3 Å². The van der Waals surface area contributed by atoms with Crippen molar-refractivity contribution in [3.8, 4) is 5.75 Å². The van der Waals surface area contributed by atoms with E-state index in [9.17, 15) is 24.6 Å². The zero-order chi connectivity index (χ0) is 33.8. The van der Waals surface area contributed by atoms with Gasteiger partial charge in [-0.2, -0.15) is 0 Å². The number of carbonyl (C=O) groups excluding carboxylic acids is 3. The summed E-state index contributed by atoms with van der Waals surface area (Å²) in [5, 5.41) is 23.8. The Labute approximate surface area is 284 Å². The molecule has 48 heavy (non-hydrogen) atoms. The SMILES string of the molecule is Bc1cc(C[C@@H](OC(=O)N2CCC(N3CCc4ccccc4NC3=O)CC2)C(=O)N2CCC(N3CCC(O)(CC)CC3)CC2)ccc1O. The van der Waals surface area contributed by atoms with Gasteiger partial charge in [0.25, 0.3) is 5.91 Å². The molecule has 0 bridgehead atoms. The van der Waals surface area contributed by atoms with Crippen LogP contribution in [-0.4, -0.2) is 125 Å². The summed E-state index contributed by atoms with van der Waals surface area (Å²) >= 11 is 0. The maximum absolute atomic E-state index is 14.0. The third-order valence-corrected chi connectivity index (χ3v) is 11.2. The molecule has 4 amide bonds. The average molecular weight is 660 g/mol. The number of nitrogens with one attached hydrogen (secondary N) is 1. The number of phenols is 1. The summed E-state index contributed by atoms with van der Waals surface area (Å²) in [7, 11) is 1.81. The molecule has 4 aliphatic heterocycles. The number of aromatic hydroxyl groups is 1. The van der Waals surface area contributed by atoms with Crippen molar-refractivity contribution in [1.29, 1.82) is 0 Å². The summed E-state index contributed by atoms with van der Waals surface area (Å²) in [6, 6.07) is 13.4. The van der Waals surface area contributed by atoms with E-state index >= 15 is 0 Å². The molecule has 2 aromatic rings. The lowest BCUT2D eigenvalue weighted by Gasteiger charge is -2.44. The van der Waals surface area contributed by atoms with E-state index in [1.807, 2.05) is 54.9 Å². The Balaban J connectivity index is 1.06. The van der Waals surface area contributed by atoms with Gasteiger partial charge in [0.15, 0.2) is 6.10 Å². The highest BCUT2D eigenvalue weighted by atomic mass is 16.6. The highest BCUT2D eigenvalue weighted by Crippen LogP contribution is 2.30. The van der Waals surface area contributed by atoms with Crippen LogP contribution in [-0.2, 0) is 22.4 Å². The molecule has 258 valence electrons. The predicted molar refractivity (Wildman–Crippen MR) is 186 cm³/mol. The van der Waals surface area contributed by atoms with Crippen LogP contribution < -0.4 is 10.8 Å². The normalized spacial score (nSPS) is 21.6. The standard InChI is InChI=1S/C36H50BN5O6/c1-2-36(47)14-21-39(22-15-36)27-10-16-40(17-11-27)33(44)32(24-25-7-8-31(43)29(37)23-25)48-35(46)41-18-12-28(13-19-41)42-20-9-26-5-3-4-6-30(26)38-34(42)45/h3-8,23,27-28,32,43,47H,2,9-22,24,37H2,1H3,(H,38,45)/t32-/m1/s1. The number of urea groups is 1. The number of benzene rings is 2. The minimum atomic E-state index is -0.986. The topological polar surface area (TPSA) is 126 Å². The summed E-state index contributed by atoms with van der Waals surface area (Å²) in [4.78, 5) is 48.5. The maximum Gasteiger partial charge on any atom is 0.410 e. The predicted octanol–water partition coefficient (Wildman–Crippen LogP) is 2.48. The number of para-hydroxylation sites is 1. The van der Waals surface area contributed by atoms with Crippen molar-refractivity contribution in [1.82, 2.24) is 19.6 Å². The number of ether oxygens (including phenoxy) is 1. The number of hydrogen-bond donors (Lipinski definition) is 3. The fourth-order valence-electron chi connectivity index (χ4n) is 7.85. The molecule has 3 fully saturated rings. The molecule has 0 spiro atoms. The van der Waals surface area contributed by atoms with Gasteiger partial charge in [-0.25, -0.2) is 9.59 Å². The minimum absolute atomic E-state index is 0.0118. The number of piperidine rings is 3. The third-order valence-electron chi connectivity index (χ3n) is 11.2. The first-order valence-electron chi connectivity index (χ1n) is 17.8. The Kier molecular flexibility index (Phi) is 10.5. The van der Waals surface area contributed by atoms with E-state index in [4.69, 9.17) is 4.74 Å². The van der Waals surface area contributed by atoms with Crippen LogP contribution in [0.25, 0.3) is 0 Å². The monoisotopic (exact) mass is 659 g/mol. The first-order chi connectivity index (χ1) is 23.1. The van der Waals surface area contributed by atoms with Gasteiger partial charge in [0.05, 0.1) is 5.60 Å². The molecular weight excluding hydrogens is 609 g/mol. The van der Waals surface area contributed by atoms with E-state index in [0.717, 1.165) is 68.4 Å². The first-order valence-corrected chi connectivity index (χ1v) is 17.8. The Morgan fingerprint density at radius 2 is 1.62 bits per heavy atom. The number of nitrogens with zero attached hydrogens (tertiary/aromatic N) is 4. The summed E-state index contributed by atoms with van der Waals surface area (Å²) in [6.07, 6.45) is 4.79. The fraction of sp³-hybridized carbons (Fsp3) is 0.583. The van der Waals surface area contributed by atoms with Gasteiger partial charge < -0.3 is 39.9 Å². The van der Waals surface area contributed by atoms with E-state index < -0.39 is 17.8 Å². The number of aliphatic hydroxyl groups is 1. The lowest BCUT2D eigenvalue weighted by Crippen LogP contribution is -2.54. The van der Waals surface area contributed by atoms with Gasteiger partial charge in [0.1, 0.15) is 13.6 Å². The molecule has 4 heterocycles. The number of amides is 4. The lowest BCUT2D eigenvalue weighted by atomic mass is 9.87. The van der Waals surface area contributed by atoms with Crippen molar-refractivity contribution in [3.05, 3.63) is 53.6 Å². The number of anilines is 1. The van der Waals surface area contributed by atoms with Crippen molar-refractivity contribution < 1.29 is 29.3 Å². The van der Waals surface area contributed by atoms with Crippen molar-refractivity contribution in [2.24, 2.45) is 0 Å². The van der Waals surface area contributed by atoms with Crippen molar-refractivity contribution in [3.63, 3.8) is 0 Å². The highest BCUT2D eigenvalue weighted by molar-refractivity contribution is 6.34. The Bertz CT molecular complexity index is 1470. The number of carbonyl (C=O) groups is 3. The molecule has 1 atom stereocenters. The average Bonchev–Trinajstić information content (AvgIpc) is 3.27. The molecule has 0 radical (unpaired) electrons. The van der Waals surface area contributed by atoms with Gasteiger partial charge in [-0.05, 0) is 80.1 Å². The third kappa shape index (κ3) is 7.75. The van der Waals surface area contributed by atoms with E-state index in [1.165, 1.54) is 0 Å². The number of likely N-dealkylation sites (tertiary alicyclic amines) is 3. The molecule has 0 unspecified atom stereocenters. The Hall–Kier alpha value is -3.77. The molecule has 3 saturated heterocycles. The van der Waals surface area contributed by atoms with Crippen LogP contribution in [0.5, 0.6) is 5.75 Å². The van der Waals surface area contributed by atoms with Crippen LogP contribution in [0.4, 0.5) is 15.3 Å². The lowest BCUT2D eigenvalue weighted by molar-refractivity contribution is -0.142. The molecule has 11 nitrogen and oxygen atoms in total. The van der Waals surface area contributed by atoms with Gasteiger partial charge in [0.2, 0.25) is 0 Å². The number of rotatable bonds is 7. The van der Waals surface area contributed by atoms with Crippen molar-refractivity contribution >= 4 is 37.0 Å². The fourth-order valence-corrected chi connectivity index (χ4v) is 7.85. The summed E-state index contributed by atoms with van der Waals surface area (Å²) in [5.41, 5.74) is 2.93. The number of fused-ring (bicyclic) bond motifs is 1. The van der Waals surface area contributed by atoms with Crippen LogP contribution >= 0.6 is 0 Å². The molecule has 6 rings (SSSR count). The van der Waals surface area contributed by atoms with Gasteiger partial charge in [0, 0.05) is 70.0 Å². The van der Waals surface area contributed by atoms with Crippen LogP contribution in [0.1, 0.15) is 63.0 Å². The van der Waals surface area contributed by atoms with Crippen LogP contribution in [0.15, 0.2) is 42.5 Å². The minimum Gasteiger partial charge on any atom is -0.509 e. The Morgan fingerprint density at radius 1 is 0.958 bits per heavy atom. The molecule has 3 N–H and O–H groups in total. The zero-order valence-electron chi connectivity index (χ0n) is 28.4. The molecule has 0 aliphatic carbocycles. The largest absolute Gasteiger partial charge is 0.509 e. The van der Waals surface area contributed by atoms with Crippen LogP contribution in [0.3, 0.4) is 0 Å². The summed E-state index contributed by atoms with van der Waals surface area (Å²) in [6.45, 7) is 6.46. The van der Waals surface area contributed by atoms with Crippen LogP contribution in [0.2, 0.25) is 0 Å². The van der Waals surface area contributed by atoms with Gasteiger partial charge in [-0.15, -0.1) is 0 Å². The second-order valence-corrected chi connectivity index (χ2v) is 14.1. The molecule has 0 aromatic heterocycles. The van der Waals surface area contributed by atoms with E-state index in [-0.39, 0.29) is 30.2 Å². The molecular formula is C36H50BN5O6. The van der Waals surface area contributed by atoms with Crippen LogP contribution in [0, 0.1) is 0 Å². The zero-order valence-corrected chi connectivity index (χ0v) is 28.4. The summed E-state index contributed by atoms with van der Waals surface area (Å²) < 4.78 is 6.02. The van der Waals surface area contributed by atoms with Crippen molar-refractivity contribution in [2.75, 3.05) is 51.1 Å². The number of phenolic OH excluding ortho intramolecular Hbond substituents is 1. The second kappa shape index (κ2) is 14.8.